The fourth-order valence-corrected chi connectivity index (χ4v) is 3.09. The van der Waals surface area contributed by atoms with E-state index in [1.165, 1.54) is 6.07 Å². The first kappa shape index (κ1) is 13.0. The van der Waals surface area contributed by atoms with Crippen LogP contribution < -0.4 is 10.4 Å². The summed E-state index contributed by atoms with van der Waals surface area (Å²) in [6, 6.07) is 2.81. The second kappa shape index (κ2) is 4.26. The van der Waals surface area contributed by atoms with E-state index in [2.05, 4.69) is 5.32 Å². The van der Waals surface area contributed by atoms with Crippen molar-refractivity contribution in [1.82, 2.24) is 0 Å². The van der Waals surface area contributed by atoms with Crippen molar-refractivity contribution in [1.29, 1.82) is 0 Å². The zero-order valence-electron chi connectivity index (χ0n) is 10.3. The number of alkyl halides is 3. The molecule has 0 unspecified atom stereocenters. The molecule has 3 rings (SSSR count). The van der Waals surface area contributed by atoms with E-state index >= 15 is 0 Å². The molecule has 0 saturated heterocycles. The number of hydrogen-bond donors (Lipinski definition) is 1. The lowest BCUT2D eigenvalue weighted by Gasteiger charge is -2.38. The summed E-state index contributed by atoms with van der Waals surface area (Å²) in [5.41, 5.74) is -0.474. The Balaban J connectivity index is 2.15. The Hall–Kier alpha value is -1.98. The number of allylic oxidation sites excluding steroid dienone is 2. The predicted octanol–water partition coefficient (Wildman–Crippen LogP) is 1.91. The molecule has 1 aromatic rings. The first-order valence-corrected chi connectivity index (χ1v) is 6.24. The van der Waals surface area contributed by atoms with Crippen LogP contribution >= 0.6 is 0 Å². The van der Waals surface area contributed by atoms with E-state index in [4.69, 9.17) is 0 Å². The summed E-state index contributed by atoms with van der Waals surface area (Å²) >= 11 is 0. The van der Waals surface area contributed by atoms with Gasteiger partial charge in [-0.25, -0.2) is 0 Å². The highest BCUT2D eigenvalue weighted by molar-refractivity contribution is 5.80. The number of nitrogens with one attached hydrogen (secondary N) is 1. The minimum absolute atomic E-state index is 0.137. The molecule has 106 valence electrons. The van der Waals surface area contributed by atoms with Gasteiger partial charge in [0.1, 0.15) is 0 Å². The Morgan fingerprint density at radius 3 is 2.75 bits per heavy atom. The number of carbonyl (C=O) groups is 1. The number of rotatable bonds is 1. The minimum Gasteiger partial charge on any atom is -0.548 e. The summed E-state index contributed by atoms with van der Waals surface area (Å²) in [7, 11) is 0. The molecule has 1 N–H and O–H groups in total. The van der Waals surface area contributed by atoms with Gasteiger partial charge in [0.2, 0.25) is 0 Å². The van der Waals surface area contributed by atoms with Crippen LogP contribution in [-0.4, -0.2) is 12.0 Å². The Bertz CT molecular complexity index is 595. The van der Waals surface area contributed by atoms with Crippen molar-refractivity contribution >= 4 is 11.7 Å². The Morgan fingerprint density at radius 2 is 2.10 bits per heavy atom. The molecule has 0 fully saturated rings. The van der Waals surface area contributed by atoms with Gasteiger partial charge in [0.25, 0.3) is 0 Å². The number of carbonyl (C=O) groups excluding carboxylic acids is 1. The molecule has 6 heteroatoms. The number of hydrogen-bond acceptors (Lipinski definition) is 3. The summed E-state index contributed by atoms with van der Waals surface area (Å²) in [5, 5.41) is 13.7. The minimum atomic E-state index is -4.52. The first-order chi connectivity index (χ1) is 9.39. The third-order valence-corrected chi connectivity index (χ3v) is 3.96. The maximum absolute atomic E-state index is 13.0. The summed E-state index contributed by atoms with van der Waals surface area (Å²) in [5.74, 6) is -1.97. The highest BCUT2D eigenvalue weighted by Gasteiger charge is 2.42. The molecule has 0 aromatic heterocycles. The second-order valence-corrected chi connectivity index (χ2v) is 5.06. The van der Waals surface area contributed by atoms with Crippen molar-refractivity contribution in [3.05, 3.63) is 41.5 Å². The number of para-hydroxylation sites is 1. The van der Waals surface area contributed by atoms with Crippen LogP contribution in [0.3, 0.4) is 0 Å². The number of anilines is 1. The summed E-state index contributed by atoms with van der Waals surface area (Å²) < 4.78 is 39.1. The largest absolute Gasteiger partial charge is 0.548 e. The topological polar surface area (TPSA) is 52.2 Å². The van der Waals surface area contributed by atoms with Crippen molar-refractivity contribution in [2.24, 2.45) is 5.92 Å². The molecule has 1 aliphatic heterocycles. The predicted molar refractivity (Wildman–Crippen MR) is 63.8 cm³/mol. The van der Waals surface area contributed by atoms with E-state index in [0.717, 1.165) is 6.07 Å². The smallest absolute Gasteiger partial charge is 0.418 e. The van der Waals surface area contributed by atoms with Crippen LogP contribution in [0.4, 0.5) is 18.9 Å². The zero-order valence-corrected chi connectivity index (χ0v) is 10.3. The van der Waals surface area contributed by atoms with Gasteiger partial charge in [-0.05, 0) is 24.0 Å². The molecule has 0 amide bonds. The highest BCUT2D eigenvalue weighted by Crippen LogP contribution is 2.48. The Labute approximate surface area is 113 Å². The standard InChI is InChI=1S/C14H12F3NO2/c15-14(16,17)10-6-2-5-8-7-3-1-4-9(7)12(13(19)20)18-11(8)10/h1-3,5-7,9,12,18H,4H2,(H,19,20)/p-1/t7-,9+,12+/m1/s1. The lowest BCUT2D eigenvalue weighted by molar-refractivity contribution is -0.308. The van der Waals surface area contributed by atoms with Gasteiger partial charge < -0.3 is 15.2 Å². The number of benzene rings is 1. The molecular weight excluding hydrogens is 271 g/mol. The Morgan fingerprint density at radius 1 is 1.35 bits per heavy atom. The fourth-order valence-electron chi connectivity index (χ4n) is 3.09. The third kappa shape index (κ3) is 1.87. The van der Waals surface area contributed by atoms with Gasteiger partial charge in [-0.1, -0.05) is 24.3 Å². The van der Waals surface area contributed by atoms with Crippen LogP contribution in [0.25, 0.3) is 0 Å². The summed E-state index contributed by atoms with van der Waals surface area (Å²) in [4.78, 5) is 11.2. The van der Waals surface area contributed by atoms with Crippen molar-refractivity contribution in [2.75, 3.05) is 5.32 Å². The van der Waals surface area contributed by atoms with E-state index in [-0.39, 0.29) is 17.5 Å². The second-order valence-electron chi connectivity index (χ2n) is 5.06. The first-order valence-electron chi connectivity index (χ1n) is 6.24. The molecule has 2 aliphatic rings. The number of carboxylic acids is 1. The SMILES string of the molecule is O=C([O-])[C@H]1Nc2c(cccc2C(F)(F)F)[C@H]2C=CC[C@H]12. The van der Waals surface area contributed by atoms with Gasteiger partial charge in [-0.15, -0.1) is 0 Å². The molecule has 0 bridgehead atoms. The fraction of sp³-hybridized carbons (Fsp3) is 0.357. The third-order valence-electron chi connectivity index (χ3n) is 3.96. The van der Waals surface area contributed by atoms with Gasteiger partial charge in [-0.2, -0.15) is 13.2 Å². The van der Waals surface area contributed by atoms with E-state index in [1.807, 2.05) is 6.08 Å². The molecule has 20 heavy (non-hydrogen) atoms. The maximum atomic E-state index is 13.0. The van der Waals surface area contributed by atoms with E-state index in [9.17, 15) is 23.1 Å². The lowest BCUT2D eigenvalue weighted by atomic mass is 9.78. The highest BCUT2D eigenvalue weighted by atomic mass is 19.4. The normalized spacial score (nSPS) is 27.6. The molecular formula is C14H11F3NO2-. The van der Waals surface area contributed by atoms with Crippen LogP contribution in [0, 0.1) is 5.92 Å². The maximum Gasteiger partial charge on any atom is 0.418 e. The average molecular weight is 282 g/mol. The summed E-state index contributed by atoms with van der Waals surface area (Å²) in [6.45, 7) is 0. The van der Waals surface area contributed by atoms with Gasteiger partial charge in [-0.3, -0.25) is 0 Å². The zero-order chi connectivity index (χ0) is 14.5. The van der Waals surface area contributed by atoms with E-state index < -0.39 is 23.8 Å². The Kier molecular flexibility index (Phi) is 2.77. The van der Waals surface area contributed by atoms with Crippen molar-refractivity contribution < 1.29 is 23.1 Å². The summed E-state index contributed by atoms with van der Waals surface area (Å²) in [6.07, 6.45) is -0.418. The van der Waals surface area contributed by atoms with Gasteiger partial charge in [0, 0.05) is 5.92 Å². The number of fused-ring (bicyclic) bond motifs is 3. The van der Waals surface area contributed by atoms with Gasteiger partial charge in [0.15, 0.2) is 0 Å². The van der Waals surface area contributed by atoms with Crippen LogP contribution in [0.15, 0.2) is 30.4 Å². The van der Waals surface area contributed by atoms with Crippen molar-refractivity contribution in [2.45, 2.75) is 24.6 Å². The van der Waals surface area contributed by atoms with Gasteiger partial charge in [0.05, 0.1) is 23.3 Å². The number of aliphatic carboxylic acids is 1. The number of halogens is 3. The van der Waals surface area contributed by atoms with Crippen LogP contribution in [0.2, 0.25) is 0 Å². The lowest BCUT2D eigenvalue weighted by Crippen LogP contribution is -2.49. The molecule has 3 nitrogen and oxygen atoms in total. The van der Waals surface area contributed by atoms with Crippen LogP contribution in [0.5, 0.6) is 0 Å². The monoisotopic (exact) mass is 282 g/mol. The average Bonchev–Trinajstić information content (AvgIpc) is 2.84. The number of carboxylic acid groups (broad SMARTS) is 1. The van der Waals surface area contributed by atoms with Crippen LogP contribution in [0.1, 0.15) is 23.5 Å². The molecule has 1 aromatic carbocycles. The van der Waals surface area contributed by atoms with Gasteiger partial charge >= 0.3 is 6.18 Å². The van der Waals surface area contributed by atoms with Crippen molar-refractivity contribution in [3.63, 3.8) is 0 Å². The van der Waals surface area contributed by atoms with Crippen LogP contribution in [-0.2, 0) is 11.0 Å². The molecule has 1 heterocycles. The molecule has 0 spiro atoms. The molecule has 1 aliphatic carbocycles. The molecule has 0 radical (unpaired) electrons. The molecule has 3 atom stereocenters. The van der Waals surface area contributed by atoms with Crippen molar-refractivity contribution in [3.8, 4) is 0 Å². The van der Waals surface area contributed by atoms with E-state index in [1.54, 1.807) is 12.1 Å². The van der Waals surface area contributed by atoms with E-state index in [0.29, 0.717) is 12.0 Å². The molecule has 0 saturated carbocycles. The quantitative estimate of drug-likeness (QED) is 0.800.